The van der Waals surface area contributed by atoms with Crippen LogP contribution in [0.2, 0.25) is 0 Å². The summed E-state index contributed by atoms with van der Waals surface area (Å²) >= 11 is 0. The first-order valence-electron chi connectivity index (χ1n) is 14.9. The van der Waals surface area contributed by atoms with Gasteiger partial charge in [-0.1, -0.05) is 103 Å². The average Bonchev–Trinajstić information content (AvgIpc) is 2.64. The molecule has 2 nitrogen and oxygen atoms in total. The molecular weight excluding hydrogens is 428 g/mol. The van der Waals surface area contributed by atoms with Crippen molar-refractivity contribution in [1.82, 2.24) is 0 Å². The van der Waals surface area contributed by atoms with E-state index in [0.29, 0.717) is 35.5 Å². The molecule has 4 unspecified atom stereocenters. The van der Waals surface area contributed by atoms with E-state index in [1.807, 2.05) is 0 Å². The van der Waals surface area contributed by atoms with Crippen molar-refractivity contribution < 1.29 is 10.2 Å². The fourth-order valence-corrected chi connectivity index (χ4v) is 8.36. The van der Waals surface area contributed by atoms with Gasteiger partial charge in [0.05, 0.1) is 12.2 Å². The standard InChI is InChI=1S/C33H64O2/c1-15-16-33(14,21-17-23(29(2,3)4)27(34)24(18-21)30(5,6)7)22-19-25(31(8,9)10)28(35)26(20-22)32(11,12)13/h21-28,34-35H,15-20H2,1-14H3. The first-order valence-corrected chi connectivity index (χ1v) is 14.9. The third-order valence-electron chi connectivity index (χ3n) is 10.9. The van der Waals surface area contributed by atoms with Gasteiger partial charge in [0.1, 0.15) is 0 Å². The maximum atomic E-state index is 11.6. The van der Waals surface area contributed by atoms with Gasteiger partial charge in [-0.05, 0) is 94.7 Å². The Labute approximate surface area is 220 Å². The second-order valence-corrected chi connectivity index (χ2v) is 17.5. The minimum atomic E-state index is -0.227. The van der Waals surface area contributed by atoms with Gasteiger partial charge in [-0.3, -0.25) is 0 Å². The van der Waals surface area contributed by atoms with E-state index in [9.17, 15) is 10.2 Å². The monoisotopic (exact) mass is 492 g/mol. The van der Waals surface area contributed by atoms with Gasteiger partial charge in [-0.15, -0.1) is 0 Å². The number of hydrogen-bond donors (Lipinski definition) is 2. The Morgan fingerprint density at radius 3 is 0.886 bits per heavy atom. The average molecular weight is 493 g/mol. The van der Waals surface area contributed by atoms with Crippen molar-refractivity contribution in [2.45, 2.75) is 148 Å². The highest BCUT2D eigenvalue weighted by Crippen LogP contribution is 2.60. The van der Waals surface area contributed by atoms with Gasteiger partial charge in [0.15, 0.2) is 0 Å². The lowest BCUT2D eigenvalue weighted by Gasteiger charge is -2.58. The van der Waals surface area contributed by atoms with Gasteiger partial charge in [0.25, 0.3) is 0 Å². The molecule has 0 bridgehead atoms. The minimum Gasteiger partial charge on any atom is -0.393 e. The molecule has 208 valence electrons. The molecule has 2 heteroatoms. The highest BCUT2D eigenvalue weighted by atomic mass is 16.3. The summed E-state index contributed by atoms with van der Waals surface area (Å²) in [7, 11) is 0. The van der Waals surface area contributed by atoms with Crippen LogP contribution in [0.25, 0.3) is 0 Å². The quantitative estimate of drug-likeness (QED) is 0.411. The zero-order chi connectivity index (χ0) is 27.4. The molecule has 2 N–H and O–H groups in total. The lowest BCUT2D eigenvalue weighted by molar-refractivity contribution is -0.142. The van der Waals surface area contributed by atoms with Crippen LogP contribution < -0.4 is 0 Å². The molecule has 2 rings (SSSR count). The zero-order valence-corrected chi connectivity index (χ0v) is 26.3. The molecule has 2 aliphatic carbocycles. The second-order valence-electron chi connectivity index (χ2n) is 17.5. The summed E-state index contributed by atoms with van der Waals surface area (Å²) in [5.74, 6) is 2.53. The van der Waals surface area contributed by atoms with Crippen LogP contribution in [-0.4, -0.2) is 22.4 Å². The summed E-state index contributed by atoms with van der Waals surface area (Å²) in [4.78, 5) is 0. The van der Waals surface area contributed by atoms with E-state index in [2.05, 4.69) is 96.9 Å². The molecule has 0 saturated heterocycles. The van der Waals surface area contributed by atoms with Crippen molar-refractivity contribution in [3.8, 4) is 0 Å². The van der Waals surface area contributed by atoms with Crippen LogP contribution in [0.5, 0.6) is 0 Å². The van der Waals surface area contributed by atoms with Crippen molar-refractivity contribution >= 4 is 0 Å². The Kier molecular flexibility index (Phi) is 9.11. The van der Waals surface area contributed by atoms with Crippen LogP contribution in [-0.2, 0) is 0 Å². The van der Waals surface area contributed by atoms with E-state index in [0.717, 1.165) is 25.7 Å². The Hall–Kier alpha value is -0.0800. The van der Waals surface area contributed by atoms with Crippen molar-refractivity contribution in [3.63, 3.8) is 0 Å². The number of aliphatic hydroxyl groups is 2. The summed E-state index contributed by atoms with van der Waals surface area (Å²) in [5, 5.41) is 23.2. The van der Waals surface area contributed by atoms with E-state index in [1.165, 1.54) is 12.8 Å². The Balaban J connectivity index is 2.57. The summed E-state index contributed by atoms with van der Waals surface area (Å²) in [6.07, 6.45) is 6.52. The van der Waals surface area contributed by atoms with Crippen molar-refractivity contribution in [3.05, 3.63) is 0 Å². The minimum absolute atomic E-state index is 0.0966. The smallest absolute Gasteiger partial charge is 0.0606 e. The van der Waals surface area contributed by atoms with Gasteiger partial charge >= 0.3 is 0 Å². The van der Waals surface area contributed by atoms with E-state index >= 15 is 0 Å². The van der Waals surface area contributed by atoms with Crippen LogP contribution >= 0.6 is 0 Å². The number of rotatable bonds is 4. The Morgan fingerprint density at radius 2 is 0.714 bits per heavy atom. The topological polar surface area (TPSA) is 40.5 Å². The highest BCUT2D eigenvalue weighted by Gasteiger charge is 2.55. The molecule has 0 spiro atoms. The summed E-state index contributed by atoms with van der Waals surface area (Å²) in [5.41, 5.74) is 0.618. The molecule has 0 heterocycles. The van der Waals surface area contributed by atoms with Crippen molar-refractivity contribution in [2.24, 2.45) is 62.6 Å². The molecule has 0 radical (unpaired) electrons. The maximum Gasteiger partial charge on any atom is 0.0606 e. The number of aliphatic hydroxyl groups excluding tert-OH is 2. The third kappa shape index (κ3) is 6.68. The van der Waals surface area contributed by atoms with E-state index < -0.39 is 0 Å². The largest absolute Gasteiger partial charge is 0.393 e. The highest BCUT2D eigenvalue weighted by molar-refractivity contribution is 5.05. The second kappa shape index (κ2) is 10.2. The van der Waals surface area contributed by atoms with Gasteiger partial charge in [0, 0.05) is 0 Å². The molecular formula is C33H64O2. The predicted octanol–water partition coefficient (Wildman–Crippen LogP) is 8.98. The molecule has 35 heavy (non-hydrogen) atoms. The van der Waals surface area contributed by atoms with Crippen LogP contribution in [0.1, 0.15) is 135 Å². The molecule has 2 aliphatic rings. The van der Waals surface area contributed by atoms with Crippen LogP contribution in [0.4, 0.5) is 0 Å². The fourth-order valence-electron chi connectivity index (χ4n) is 8.36. The van der Waals surface area contributed by atoms with E-state index in [-0.39, 0.29) is 39.3 Å². The molecule has 0 aromatic carbocycles. The first-order chi connectivity index (χ1) is 15.5. The molecule has 0 aliphatic heterocycles. The van der Waals surface area contributed by atoms with Gasteiger partial charge in [-0.25, -0.2) is 0 Å². The van der Waals surface area contributed by atoms with E-state index in [1.54, 1.807) is 0 Å². The van der Waals surface area contributed by atoms with E-state index in [4.69, 9.17) is 0 Å². The molecule has 0 aromatic heterocycles. The Morgan fingerprint density at radius 1 is 0.486 bits per heavy atom. The summed E-state index contributed by atoms with van der Waals surface area (Å²) in [6.45, 7) is 33.0. The van der Waals surface area contributed by atoms with Gasteiger partial charge in [0.2, 0.25) is 0 Å². The van der Waals surface area contributed by atoms with Gasteiger partial charge < -0.3 is 10.2 Å². The van der Waals surface area contributed by atoms with Crippen molar-refractivity contribution in [1.29, 1.82) is 0 Å². The third-order valence-corrected chi connectivity index (χ3v) is 10.9. The zero-order valence-electron chi connectivity index (χ0n) is 26.3. The number of hydrogen-bond acceptors (Lipinski definition) is 2. The van der Waals surface area contributed by atoms with Crippen LogP contribution in [0.3, 0.4) is 0 Å². The SMILES string of the molecule is CCCC(C)(C1CC(C(C)(C)C)C(O)C(C(C)(C)C)C1)C1CC(C(C)(C)C)C(O)C(C(C)(C)C)C1. The predicted molar refractivity (Wildman–Crippen MR) is 152 cm³/mol. The first kappa shape index (κ1) is 31.1. The van der Waals surface area contributed by atoms with Gasteiger partial charge in [-0.2, -0.15) is 0 Å². The molecule has 2 saturated carbocycles. The molecule has 4 atom stereocenters. The van der Waals surface area contributed by atoms with Crippen molar-refractivity contribution in [2.75, 3.05) is 0 Å². The fraction of sp³-hybridized carbons (Fsp3) is 1.00. The van der Waals surface area contributed by atoms with Crippen LogP contribution in [0, 0.1) is 62.6 Å². The molecule has 2 fully saturated rings. The molecule has 0 amide bonds. The maximum absolute atomic E-state index is 11.6. The summed E-state index contributed by atoms with van der Waals surface area (Å²) in [6, 6.07) is 0. The molecule has 0 aromatic rings. The lowest BCUT2D eigenvalue weighted by atomic mass is 9.47. The van der Waals surface area contributed by atoms with Crippen LogP contribution in [0.15, 0.2) is 0 Å². The Bertz CT molecular complexity index is 578. The normalized spacial score (nSPS) is 37.7. The lowest BCUT2D eigenvalue weighted by Crippen LogP contribution is -2.55. The summed E-state index contributed by atoms with van der Waals surface area (Å²) < 4.78 is 0.